The molecule has 4 rings (SSSR count). The van der Waals surface area contributed by atoms with Crippen molar-refractivity contribution in [1.29, 1.82) is 0 Å². The summed E-state index contributed by atoms with van der Waals surface area (Å²) in [7, 11) is 0. The molecule has 0 saturated heterocycles. The number of allylic oxidation sites excluding steroid dienone is 4. The molecule has 0 aromatic heterocycles. The third-order valence-corrected chi connectivity index (χ3v) is 16.3. The summed E-state index contributed by atoms with van der Waals surface area (Å²) >= 11 is -2.23. The fourth-order valence-corrected chi connectivity index (χ4v) is 16.4. The van der Waals surface area contributed by atoms with Crippen molar-refractivity contribution in [2.75, 3.05) is 0 Å². The van der Waals surface area contributed by atoms with Gasteiger partial charge < -0.3 is 24.8 Å². The Labute approximate surface area is 253 Å². The summed E-state index contributed by atoms with van der Waals surface area (Å²) in [4.78, 5) is 0. The summed E-state index contributed by atoms with van der Waals surface area (Å²) in [6.45, 7) is 23.8. The largest absolute Gasteiger partial charge is 1.00 e. The molecule has 0 amide bonds. The number of hydrogen-bond donors (Lipinski definition) is 0. The van der Waals surface area contributed by atoms with E-state index in [1.807, 2.05) is 3.21 Å². The Kier molecular flexibility index (Phi) is 11.3. The van der Waals surface area contributed by atoms with Crippen molar-refractivity contribution in [3.05, 3.63) is 80.2 Å². The standard InChI is InChI=1S/C21H25.C9H18.C5H5.2ClH.Zr/c1-20(2,3)16-9-7-14-11-15-8-10-17(21(4,5)6)13-19(15)18(14)12-16;1-8(2)6-5-7-9(3)4;1-2-4-5-3-1;;;/h7-13H,1-6H3;8-9H,6-7H2,1-4H3;1-3H,4H2;2*1H;/q;;;;;+2/p-2. The molecular weight excluding hydrogens is 583 g/mol. The minimum Gasteiger partial charge on any atom is -1.00 e. The van der Waals surface area contributed by atoms with Crippen molar-refractivity contribution in [2.45, 2.75) is 103 Å². The second kappa shape index (κ2) is 12.8. The van der Waals surface area contributed by atoms with Crippen LogP contribution >= 0.6 is 0 Å². The number of hydrogen-bond acceptors (Lipinski definition) is 0. The van der Waals surface area contributed by atoms with Gasteiger partial charge in [0.1, 0.15) is 0 Å². The molecule has 38 heavy (non-hydrogen) atoms. The topological polar surface area (TPSA) is 0 Å². The Morgan fingerprint density at radius 2 is 1.21 bits per heavy atom. The first-order valence-electron chi connectivity index (χ1n) is 14.1. The van der Waals surface area contributed by atoms with Crippen LogP contribution in [-0.2, 0) is 32.1 Å². The van der Waals surface area contributed by atoms with E-state index in [1.165, 1.54) is 41.5 Å². The molecule has 0 aliphatic heterocycles. The maximum Gasteiger partial charge on any atom is -1.00 e. The molecule has 2 aliphatic rings. The fraction of sp³-hybridized carbons (Fsp3) is 0.514. The van der Waals surface area contributed by atoms with Gasteiger partial charge in [-0.05, 0) is 0 Å². The Balaban J connectivity index is 0.00000253. The van der Waals surface area contributed by atoms with Crippen molar-refractivity contribution < 1.29 is 46.1 Å². The average molecular weight is 631 g/mol. The fourth-order valence-electron chi connectivity index (χ4n) is 6.05. The van der Waals surface area contributed by atoms with Crippen LogP contribution in [0.1, 0.15) is 114 Å². The molecule has 3 heteroatoms. The molecule has 0 spiro atoms. The number of halogens is 2. The van der Waals surface area contributed by atoms with Gasteiger partial charge in [-0.3, -0.25) is 0 Å². The van der Waals surface area contributed by atoms with Crippen molar-refractivity contribution in [3.63, 3.8) is 0 Å². The van der Waals surface area contributed by atoms with Crippen LogP contribution in [0.3, 0.4) is 0 Å². The van der Waals surface area contributed by atoms with Crippen LogP contribution in [0, 0.1) is 11.8 Å². The molecule has 0 bridgehead atoms. The first-order chi connectivity index (χ1) is 16.8. The van der Waals surface area contributed by atoms with E-state index in [0.29, 0.717) is 3.63 Å². The van der Waals surface area contributed by atoms with E-state index < -0.39 is 21.3 Å². The van der Waals surface area contributed by atoms with Crippen LogP contribution in [0.15, 0.2) is 57.9 Å². The van der Waals surface area contributed by atoms with E-state index >= 15 is 0 Å². The summed E-state index contributed by atoms with van der Waals surface area (Å²) in [5.41, 5.74) is 9.50. The Morgan fingerprint density at radius 3 is 1.55 bits per heavy atom. The molecule has 0 nitrogen and oxygen atoms in total. The Morgan fingerprint density at radius 1 is 0.763 bits per heavy atom. The van der Waals surface area contributed by atoms with Gasteiger partial charge in [0.15, 0.2) is 0 Å². The van der Waals surface area contributed by atoms with Crippen LogP contribution in [0.4, 0.5) is 0 Å². The minimum atomic E-state index is -2.23. The molecule has 0 unspecified atom stereocenters. The molecular formula is C35H48Cl2Zr. The maximum absolute atomic E-state index is 2.55. The smallest absolute Gasteiger partial charge is 1.00 e. The van der Waals surface area contributed by atoms with E-state index in [0.717, 1.165) is 11.8 Å². The predicted molar refractivity (Wildman–Crippen MR) is 157 cm³/mol. The first-order valence-corrected chi connectivity index (χ1v) is 18.0. The second-order valence-corrected chi connectivity index (χ2v) is 20.8. The summed E-state index contributed by atoms with van der Waals surface area (Å²) in [5.74, 6) is 1.44. The SMILES string of the molecule is CC(C)C[C](CC(C)C)=[Zr+2]([C]1=CC=CC1)[CH]1c2ccc(C(C)(C)C)cc2-c2cc(C(C)(C)C)ccc21.[Cl-].[Cl-]. The monoisotopic (exact) mass is 628 g/mol. The van der Waals surface area contributed by atoms with Gasteiger partial charge in [-0.1, -0.05) is 0 Å². The average Bonchev–Trinajstić information content (AvgIpc) is 3.38. The number of fused-ring (bicyclic) bond motifs is 3. The van der Waals surface area contributed by atoms with E-state index in [4.69, 9.17) is 0 Å². The summed E-state index contributed by atoms with van der Waals surface area (Å²) in [5, 5.41) is 0. The predicted octanol–water partition coefficient (Wildman–Crippen LogP) is 4.09. The minimum absolute atomic E-state index is 0. The molecule has 206 valence electrons. The van der Waals surface area contributed by atoms with E-state index in [1.54, 1.807) is 14.4 Å². The van der Waals surface area contributed by atoms with Gasteiger partial charge in [0.05, 0.1) is 0 Å². The molecule has 2 aliphatic carbocycles. The van der Waals surface area contributed by atoms with Crippen molar-refractivity contribution in [1.82, 2.24) is 0 Å². The van der Waals surface area contributed by atoms with Crippen molar-refractivity contribution in [3.8, 4) is 11.1 Å². The van der Waals surface area contributed by atoms with Crippen LogP contribution in [0.25, 0.3) is 11.1 Å². The molecule has 0 radical (unpaired) electrons. The second-order valence-electron chi connectivity index (χ2n) is 14.1. The van der Waals surface area contributed by atoms with Crippen LogP contribution in [0.5, 0.6) is 0 Å². The van der Waals surface area contributed by atoms with E-state index in [-0.39, 0.29) is 35.6 Å². The zero-order valence-electron chi connectivity index (χ0n) is 25.3. The Hall–Kier alpha value is -0.747. The molecule has 0 saturated carbocycles. The quantitative estimate of drug-likeness (QED) is 0.452. The van der Waals surface area contributed by atoms with Crippen molar-refractivity contribution >= 4 is 3.21 Å². The van der Waals surface area contributed by atoms with Gasteiger partial charge >= 0.3 is 231 Å². The summed E-state index contributed by atoms with van der Waals surface area (Å²) < 4.78 is 4.34. The van der Waals surface area contributed by atoms with Gasteiger partial charge in [-0.2, -0.15) is 0 Å². The van der Waals surface area contributed by atoms with E-state index in [2.05, 4.69) is 124 Å². The molecule has 0 N–H and O–H groups in total. The number of benzene rings is 2. The normalized spacial score (nSPS) is 14.4. The maximum atomic E-state index is 2.55. The molecule has 0 fully saturated rings. The van der Waals surface area contributed by atoms with Gasteiger partial charge in [0.25, 0.3) is 0 Å². The molecule has 0 atom stereocenters. The molecule has 0 heterocycles. The summed E-state index contributed by atoms with van der Waals surface area (Å²) in [6.07, 6.45) is 11.0. The van der Waals surface area contributed by atoms with E-state index in [9.17, 15) is 0 Å². The summed E-state index contributed by atoms with van der Waals surface area (Å²) in [6, 6.07) is 15.0. The molecule has 2 aromatic rings. The van der Waals surface area contributed by atoms with Crippen LogP contribution in [0.2, 0.25) is 0 Å². The third-order valence-electron chi connectivity index (χ3n) is 7.85. The zero-order valence-corrected chi connectivity index (χ0v) is 29.3. The molecule has 2 aromatic carbocycles. The Bertz CT molecular complexity index is 1150. The third kappa shape index (κ3) is 7.11. The van der Waals surface area contributed by atoms with Gasteiger partial charge in [-0.15, -0.1) is 0 Å². The number of rotatable bonds is 6. The van der Waals surface area contributed by atoms with Gasteiger partial charge in [0, 0.05) is 0 Å². The van der Waals surface area contributed by atoms with Gasteiger partial charge in [0.2, 0.25) is 0 Å². The van der Waals surface area contributed by atoms with Crippen LogP contribution < -0.4 is 24.8 Å². The van der Waals surface area contributed by atoms with Crippen LogP contribution in [-0.4, -0.2) is 3.21 Å². The van der Waals surface area contributed by atoms with Gasteiger partial charge in [-0.25, -0.2) is 0 Å². The first kappa shape index (κ1) is 33.5. The van der Waals surface area contributed by atoms with Crippen molar-refractivity contribution in [2.24, 2.45) is 11.8 Å². The zero-order chi connectivity index (χ0) is 26.4.